The van der Waals surface area contributed by atoms with Crippen molar-refractivity contribution in [2.45, 2.75) is 13.0 Å². The molecule has 140 valence electrons. The molecule has 27 heavy (non-hydrogen) atoms. The highest BCUT2D eigenvalue weighted by Crippen LogP contribution is 2.35. The van der Waals surface area contributed by atoms with Crippen molar-refractivity contribution in [3.8, 4) is 22.8 Å². The molecule has 3 heterocycles. The van der Waals surface area contributed by atoms with E-state index in [1.165, 1.54) is 0 Å². The van der Waals surface area contributed by atoms with Crippen molar-refractivity contribution in [3.63, 3.8) is 0 Å². The third-order valence-corrected chi connectivity index (χ3v) is 5.16. The number of rotatable bonds is 4. The Morgan fingerprint density at radius 3 is 2.85 bits per heavy atom. The van der Waals surface area contributed by atoms with Crippen molar-refractivity contribution >= 4 is 17.2 Å². The molecule has 0 fully saturated rings. The van der Waals surface area contributed by atoms with Crippen LogP contribution in [0.5, 0.6) is 11.5 Å². The van der Waals surface area contributed by atoms with E-state index < -0.39 is 0 Å². The highest BCUT2D eigenvalue weighted by molar-refractivity contribution is 7.07. The number of ether oxygens (including phenoxy) is 2. The smallest absolute Gasteiger partial charge is 0.257 e. The Balaban J connectivity index is 1.65. The Morgan fingerprint density at radius 1 is 1.26 bits per heavy atom. The SMILES string of the molecule is CN(Cc1ccsc1)C(=O)c1cn(C)nc1-c1ccc2c(c1)OCCCO2. The van der Waals surface area contributed by atoms with Crippen molar-refractivity contribution in [3.05, 3.63) is 52.3 Å². The van der Waals surface area contributed by atoms with Crippen LogP contribution in [0.1, 0.15) is 22.3 Å². The average Bonchev–Trinajstić information content (AvgIpc) is 3.24. The van der Waals surface area contributed by atoms with E-state index in [2.05, 4.69) is 10.5 Å². The van der Waals surface area contributed by atoms with E-state index in [9.17, 15) is 4.79 Å². The minimum absolute atomic E-state index is 0.0589. The molecule has 0 aliphatic carbocycles. The summed E-state index contributed by atoms with van der Waals surface area (Å²) < 4.78 is 13.1. The van der Waals surface area contributed by atoms with Gasteiger partial charge in [-0.2, -0.15) is 16.4 Å². The average molecular weight is 383 g/mol. The van der Waals surface area contributed by atoms with Crippen molar-refractivity contribution in [2.24, 2.45) is 7.05 Å². The summed E-state index contributed by atoms with van der Waals surface area (Å²) >= 11 is 1.63. The quantitative estimate of drug-likeness (QED) is 0.691. The largest absolute Gasteiger partial charge is 0.490 e. The van der Waals surface area contributed by atoms with Gasteiger partial charge in [-0.05, 0) is 40.6 Å². The molecule has 4 rings (SSSR count). The molecule has 1 aliphatic rings. The van der Waals surface area contributed by atoms with Crippen LogP contribution in [0, 0.1) is 0 Å². The van der Waals surface area contributed by atoms with Gasteiger partial charge in [0.15, 0.2) is 11.5 Å². The fraction of sp³-hybridized carbons (Fsp3) is 0.300. The van der Waals surface area contributed by atoms with Gasteiger partial charge < -0.3 is 14.4 Å². The summed E-state index contributed by atoms with van der Waals surface area (Å²) in [6, 6.07) is 7.74. The Labute approximate surface area is 161 Å². The van der Waals surface area contributed by atoms with Crippen LogP contribution in [0.3, 0.4) is 0 Å². The summed E-state index contributed by atoms with van der Waals surface area (Å²) in [7, 11) is 3.63. The lowest BCUT2D eigenvalue weighted by molar-refractivity contribution is 0.0786. The lowest BCUT2D eigenvalue weighted by Gasteiger charge is -2.16. The second-order valence-electron chi connectivity index (χ2n) is 6.57. The normalized spacial score (nSPS) is 13.3. The highest BCUT2D eigenvalue weighted by atomic mass is 32.1. The lowest BCUT2D eigenvalue weighted by Crippen LogP contribution is -2.26. The van der Waals surface area contributed by atoms with Crippen molar-refractivity contribution in [1.82, 2.24) is 14.7 Å². The first-order chi connectivity index (χ1) is 13.1. The zero-order chi connectivity index (χ0) is 18.8. The molecule has 0 radical (unpaired) electrons. The second-order valence-corrected chi connectivity index (χ2v) is 7.35. The topological polar surface area (TPSA) is 56.6 Å². The molecule has 1 aliphatic heterocycles. The molecule has 0 atom stereocenters. The number of benzene rings is 1. The molecule has 0 spiro atoms. The van der Waals surface area contributed by atoms with Gasteiger partial charge in [-0.25, -0.2) is 0 Å². The van der Waals surface area contributed by atoms with Gasteiger partial charge in [0.1, 0.15) is 5.69 Å². The number of nitrogens with zero attached hydrogens (tertiary/aromatic N) is 3. The number of hydrogen-bond donors (Lipinski definition) is 0. The van der Waals surface area contributed by atoms with Crippen molar-refractivity contribution < 1.29 is 14.3 Å². The van der Waals surface area contributed by atoms with E-state index >= 15 is 0 Å². The van der Waals surface area contributed by atoms with Crippen molar-refractivity contribution in [2.75, 3.05) is 20.3 Å². The van der Waals surface area contributed by atoms with Crippen LogP contribution in [0.25, 0.3) is 11.3 Å². The number of fused-ring (bicyclic) bond motifs is 1. The Hall–Kier alpha value is -2.80. The first-order valence-corrected chi connectivity index (χ1v) is 9.76. The second kappa shape index (κ2) is 7.44. The van der Waals surface area contributed by atoms with Gasteiger partial charge >= 0.3 is 0 Å². The molecule has 3 aromatic rings. The number of hydrogen-bond acceptors (Lipinski definition) is 5. The first kappa shape index (κ1) is 17.6. The zero-order valence-electron chi connectivity index (χ0n) is 15.3. The van der Waals surface area contributed by atoms with E-state index in [4.69, 9.17) is 9.47 Å². The van der Waals surface area contributed by atoms with E-state index in [0.717, 1.165) is 23.3 Å². The van der Waals surface area contributed by atoms with Crippen LogP contribution in [0.15, 0.2) is 41.2 Å². The molecule has 0 N–H and O–H groups in total. The van der Waals surface area contributed by atoms with Crippen molar-refractivity contribution in [1.29, 1.82) is 0 Å². The van der Waals surface area contributed by atoms with Crippen LogP contribution in [-0.2, 0) is 13.6 Å². The van der Waals surface area contributed by atoms with E-state index in [0.29, 0.717) is 36.8 Å². The number of thiophene rings is 1. The van der Waals surface area contributed by atoms with E-state index in [1.807, 2.05) is 43.7 Å². The minimum atomic E-state index is -0.0589. The first-order valence-electron chi connectivity index (χ1n) is 8.82. The summed E-state index contributed by atoms with van der Waals surface area (Å²) in [5, 5.41) is 8.60. The number of aromatic nitrogens is 2. The molecule has 0 saturated heterocycles. The standard InChI is InChI=1S/C20H21N3O3S/c1-22(11-14-6-9-27-13-14)20(24)16-12-23(2)21-19(16)15-4-5-17-18(10-15)26-8-3-7-25-17/h4-6,9-10,12-13H,3,7-8,11H2,1-2H3. The summed E-state index contributed by atoms with van der Waals surface area (Å²) in [6.45, 7) is 1.83. The minimum Gasteiger partial charge on any atom is -0.490 e. The number of aryl methyl sites for hydroxylation is 1. The van der Waals surface area contributed by atoms with Crippen LogP contribution < -0.4 is 9.47 Å². The van der Waals surface area contributed by atoms with Crippen LogP contribution in [0.2, 0.25) is 0 Å². The third kappa shape index (κ3) is 3.68. The van der Waals surface area contributed by atoms with Gasteiger partial charge in [-0.1, -0.05) is 0 Å². The predicted molar refractivity (Wildman–Crippen MR) is 104 cm³/mol. The molecule has 1 amide bonds. The van der Waals surface area contributed by atoms with Gasteiger partial charge in [-0.15, -0.1) is 0 Å². The molecular weight excluding hydrogens is 362 g/mol. The number of carbonyl (C=O) groups is 1. The summed E-state index contributed by atoms with van der Waals surface area (Å²) in [5.74, 6) is 1.37. The monoisotopic (exact) mass is 383 g/mol. The predicted octanol–water partition coefficient (Wildman–Crippen LogP) is 3.58. The van der Waals surface area contributed by atoms with Gasteiger partial charge in [0.05, 0.1) is 18.8 Å². The maximum absolute atomic E-state index is 13.0. The molecule has 0 unspecified atom stereocenters. The van der Waals surface area contributed by atoms with Crippen LogP contribution in [0.4, 0.5) is 0 Å². The van der Waals surface area contributed by atoms with Gasteiger partial charge in [0.25, 0.3) is 5.91 Å². The molecular formula is C20H21N3O3S. The fourth-order valence-corrected chi connectivity index (χ4v) is 3.76. The Morgan fingerprint density at radius 2 is 2.07 bits per heavy atom. The summed E-state index contributed by atoms with van der Waals surface area (Å²) in [5.41, 5.74) is 3.18. The lowest BCUT2D eigenvalue weighted by atomic mass is 10.1. The molecule has 7 heteroatoms. The third-order valence-electron chi connectivity index (χ3n) is 4.43. The molecule has 0 bridgehead atoms. The van der Waals surface area contributed by atoms with Crippen LogP contribution in [-0.4, -0.2) is 40.8 Å². The zero-order valence-corrected chi connectivity index (χ0v) is 16.2. The summed E-state index contributed by atoms with van der Waals surface area (Å²) in [4.78, 5) is 14.8. The van der Waals surface area contributed by atoms with Gasteiger partial charge in [-0.3, -0.25) is 9.48 Å². The highest BCUT2D eigenvalue weighted by Gasteiger charge is 2.22. The molecule has 2 aromatic heterocycles. The molecule has 6 nitrogen and oxygen atoms in total. The fourth-order valence-electron chi connectivity index (χ4n) is 3.10. The maximum Gasteiger partial charge on any atom is 0.257 e. The Kier molecular flexibility index (Phi) is 4.85. The summed E-state index contributed by atoms with van der Waals surface area (Å²) in [6.07, 6.45) is 2.62. The van der Waals surface area contributed by atoms with Gasteiger partial charge in [0.2, 0.25) is 0 Å². The van der Waals surface area contributed by atoms with E-state index in [1.54, 1.807) is 27.1 Å². The van der Waals surface area contributed by atoms with E-state index in [-0.39, 0.29) is 5.91 Å². The molecule has 1 aromatic carbocycles. The maximum atomic E-state index is 13.0. The number of amides is 1. The van der Waals surface area contributed by atoms with Crippen LogP contribution >= 0.6 is 11.3 Å². The Bertz CT molecular complexity index is 950. The molecule has 0 saturated carbocycles. The van der Waals surface area contributed by atoms with Gasteiger partial charge in [0, 0.05) is 38.8 Å². The number of carbonyl (C=O) groups excluding carboxylic acids is 1.